The van der Waals surface area contributed by atoms with Crippen LogP contribution in [0.5, 0.6) is 0 Å². The molecular formula is C26H27ClF3N5O2. The number of carbonyl (C=O) groups excluding carboxylic acids is 1. The van der Waals surface area contributed by atoms with Gasteiger partial charge in [0.2, 0.25) is 17.6 Å². The summed E-state index contributed by atoms with van der Waals surface area (Å²) < 4.78 is 44.6. The SMILES string of the molecule is O=C(C1CCN(Cc2nc(-c3ccc(Cl)cc3)no2)CC1)N1CCN(c2cccc(C(F)(F)F)c2)CC1. The fourth-order valence-electron chi connectivity index (χ4n) is 4.89. The van der Waals surface area contributed by atoms with Crippen LogP contribution in [0.2, 0.25) is 5.02 Å². The third-order valence-corrected chi connectivity index (χ3v) is 7.25. The lowest BCUT2D eigenvalue weighted by molar-refractivity contribution is -0.138. The molecule has 0 atom stereocenters. The fourth-order valence-corrected chi connectivity index (χ4v) is 5.01. The molecule has 3 aromatic rings. The Hall–Kier alpha value is -3.11. The Bertz CT molecular complexity index is 1220. The van der Waals surface area contributed by atoms with Crippen molar-refractivity contribution in [3.05, 3.63) is 65.0 Å². The minimum Gasteiger partial charge on any atom is -0.368 e. The maximum Gasteiger partial charge on any atom is 0.416 e. The van der Waals surface area contributed by atoms with Crippen LogP contribution in [0, 0.1) is 5.92 Å². The van der Waals surface area contributed by atoms with E-state index < -0.39 is 11.7 Å². The van der Waals surface area contributed by atoms with Crippen LogP contribution in [-0.4, -0.2) is 65.1 Å². The van der Waals surface area contributed by atoms with E-state index in [2.05, 4.69) is 15.0 Å². The van der Waals surface area contributed by atoms with Crippen molar-refractivity contribution in [2.45, 2.75) is 25.6 Å². The van der Waals surface area contributed by atoms with Crippen LogP contribution in [-0.2, 0) is 17.5 Å². The second kappa shape index (κ2) is 10.7. The number of amides is 1. The number of hydrogen-bond acceptors (Lipinski definition) is 6. The van der Waals surface area contributed by atoms with Gasteiger partial charge in [0.25, 0.3) is 0 Å². The highest BCUT2D eigenvalue weighted by molar-refractivity contribution is 6.30. The molecule has 1 aromatic heterocycles. The lowest BCUT2D eigenvalue weighted by Gasteiger charge is -2.39. The van der Waals surface area contributed by atoms with Gasteiger partial charge in [-0.15, -0.1) is 0 Å². The van der Waals surface area contributed by atoms with E-state index in [4.69, 9.17) is 16.1 Å². The lowest BCUT2D eigenvalue weighted by Crippen LogP contribution is -2.51. The van der Waals surface area contributed by atoms with E-state index >= 15 is 0 Å². The first-order valence-corrected chi connectivity index (χ1v) is 12.7. The molecule has 2 aliphatic rings. The molecule has 0 aliphatic carbocycles. The number of aromatic nitrogens is 2. The van der Waals surface area contributed by atoms with Gasteiger partial charge < -0.3 is 14.3 Å². The van der Waals surface area contributed by atoms with Gasteiger partial charge in [-0.2, -0.15) is 18.2 Å². The van der Waals surface area contributed by atoms with Crippen LogP contribution >= 0.6 is 11.6 Å². The second-order valence-corrected chi connectivity index (χ2v) is 9.87. The number of likely N-dealkylation sites (tertiary alicyclic amines) is 1. The molecule has 196 valence electrons. The molecule has 0 spiro atoms. The third-order valence-electron chi connectivity index (χ3n) is 7.00. The quantitative estimate of drug-likeness (QED) is 0.461. The number of nitrogens with zero attached hydrogens (tertiary/aromatic N) is 5. The van der Waals surface area contributed by atoms with Crippen molar-refractivity contribution >= 4 is 23.2 Å². The first-order chi connectivity index (χ1) is 17.8. The Labute approximate surface area is 217 Å². The maximum absolute atomic E-state index is 13.1. The lowest BCUT2D eigenvalue weighted by atomic mass is 9.95. The smallest absolute Gasteiger partial charge is 0.368 e. The van der Waals surface area contributed by atoms with E-state index in [1.54, 1.807) is 18.2 Å². The number of anilines is 1. The molecule has 3 heterocycles. The highest BCUT2D eigenvalue weighted by atomic mass is 35.5. The predicted molar refractivity (Wildman–Crippen MR) is 133 cm³/mol. The van der Waals surface area contributed by atoms with Crippen LogP contribution in [0.15, 0.2) is 53.1 Å². The molecule has 2 saturated heterocycles. The molecule has 0 saturated carbocycles. The molecular weight excluding hydrogens is 507 g/mol. The number of rotatable bonds is 5. The van der Waals surface area contributed by atoms with Gasteiger partial charge in [0.05, 0.1) is 12.1 Å². The molecule has 0 unspecified atom stereocenters. The summed E-state index contributed by atoms with van der Waals surface area (Å²) in [6, 6.07) is 12.6. The average Bonchev–Trinajstić information content (AvgIpc) is 3.37. The highest BCUT2D eigenvalue weighted by Gasteiger charge is 2.33. The van der Waals surface area contributed by atoms with Crippen LogP contribution in [0.4, 0.5) is 18.9 Å². The zero-order chi connectivity index (χ0) is 26.0. The van der Waals surface area contributed by atoms with Crippen molar-refractivity contribution in [3.8, 4) is 11.4 Å². The average molecular weight is 534 g/mol. The molecule has 2 fully saturated rings. The first-order valence-electron chi connectivity index (χ1n) is 12.3. The summed E-state index contributed by atoms with van der Waals surface area (Å²) >= 11 is 5.93. The van der Waals surface area contributed by atoms with E-state index in [9.17, 15) is 18.0 Å². The van der Waals surface area contributed by atoms with E-state index in [1.165, 1.54) is 12.1 Å². The number of piperazine rings is 1. The number of carbonyl (C=O) groups is 1. The van der Waals surface area contributed by atoms with Gasteiger partial charge in [0.15, 0.2) is 0 Å². The Morgan fingerprint density at radius 1 is 1.00 bits per heavy atom. The van der Waals surface area contributed by atoms with E-state index in [0.717, 1.165) is 37.6 Å². The fraction of sp³-hybridized carbons (Fsp3) is 0.423. The Morgan fingerprint density at radius 2 is 1.70 bits per heavy atom. The molecule has 0 N–H and O–H groups in total. The van der Waals surface area contributed by atoms with Crippen molar-refractivity contribution in [1.82, 2.24) is 19.9 Å². The van der Waals surface area contributed by atoms with Crippen molar-refractivity contribution < 1.29 is 22.5 Å². The number of hydrogen-bond donors (Lipinski definition) is 0. The zero-order valence-electron chi connectivity index (χ0n) is 20.1. The Balaban J connectivity index is 1.09. The molecule has 2 aliphatic heterocycles. The topological polar surface area (TPSA) is 65.7 Å². The summed E-state index contributed by atoms with van der Waals surface area (Å²) in [5, 5.41) is 4.70. The van der Waals surface area contributed by atoms with Gasteiger partial charge in [-0.25, -0.2) is 0 Å². The van der Waals surface area contributed by atoms with Gasteiger partial charge in [-0.05, 0) is 68.4 Å². The molecule has 0 bridgehead atoms. The van der Waals surface area contributed by atoms with Gasteiger partial charge in [0, 0.05) is 48.4 Å². The van der Waals surface area contributed by atoms with Gasteiger partial charge in [0.1, 0.15) is 0 Å². The van der Waals surface area contributed by atoms with E-state index in [0.29, 0.717) is 55.1 Å². The molecule has 0 radical (unpaired) electrons. The van der Waals surface area contributed by atoms with Gasteiger partial charge in [-0.1, -0.05) is 22.8 Å². The van der Waals surface area contributed by atoms with Crippen molar-refractivity contribution in [2.75, 3.05) is 44.2 Å². The monoisotopic (exact) mass is 533 g/mol. The first kappa shape index (κ1) is 25.5. The summed E-state index contributed by atoms with van der Waals surface area (Å²) in [5.74, 6) is 1.12. The van der Waals surface area contributed by atoms with Crippen LogP contribution in [0.1, 0.15) is 24.3 Å². The minimum atomic E-state index is -4.37. The van der Waals surface area contributed by atoms with E-state index in [-0.39, 0.29) is 11.8 Å². The number of piperidine rings is 1. The molecule has 1 amide bonds. The maximum atomic E-state index is 13.1. The molecule has 11 heteroatoms. The standard InChI is InChI=1S/C26H27ClF3N5O2/c27-21-6-4-18(5-7-21)24-31-23(37-32-24)17-33-10-8-19(9-11-33)25(36)35-14-12-34(13-15-35)22-3-1-2-20(16-22)26(28,29)30/h1-7,16,19H,8-15,17H2. The normalized spacial score (nSPS) is 17.8. The minimum absolute atomic E-state index is 0.0522. The molecule has 7 nitrogen and oxygen atoms in total. The van der Waals surface area contributed by atoms with Crippen LogP contribution in [0.25, 0.3) is 11.4 Å². The van der Waals surface area contributed by atoms with Crippen molar-refractivity contribution in [3.63, 3.8) is 0 Å². The van der Waals surface area contributed by atoms with Crippen molar-refractivity contribution in [1.29, 1.82) is 0 Å². The predicted octanol–water partition coefficient (Wildman–Crippen LogP) is 4.97. The third kappa shape index (κ3) is 6.07. The number of alkyl halides is 3. The zero-order valence-corrected chi connectivity index (χ0v) is 20.9. The summed E-state index contributed by atoms with van der Waals surface area (Å²) in [5.41, 5.74) is 0.712. The van der Waals surface area contributed by atoms with Crippen LogP contribution in [0.3, 0.4) is 0 Å². The summed E-state index contributed by atoms with van der Waals surface area (Å²) in [7, 11) is 0. The molecule has 37 heavy (non-hydrogen) atoms. The summed E-state index contributed by atoms with van der Waals surface area (Å²) in [4.78, 5) is 23.6. The Morgan fingerprint density at radius 3 is 2.38 bits per heavy atom. The van der Waals surface area contributed by atoms with Gasteiger partial charge in [-0.3, -0.25) is 9.69 Å². The van der Waals surface area contributed by atoms with Crippen molar-refractivity contribution in [2.24, 2.45) is 5.92 Å². The molecule has 2 aromatic carbocycles. The highest BCUT2D eigenvalue weighted by Crippen LogP contribution is 2.32. The number of benzene rings is 2. The van der Waals surface area contributed by atoms with Crippen LogP contribution < -0.4 is 4.90 Å². The summed E-state index contributed by atoms with van der Waals surface area (Å²) in [6.45, 7) is 4.06. The van der Waals surface area contributed by atoms with Gasteiger partial charge >= 0.3 is 6.18 Å². The Kier molecular flexibility index (Phi) is 7.39. The molecule has 5 rings (SSSR count). The summed E-state index contributed by atoms with van der Waals surface area (Å²) in [6.07, 6.45) is -2.89. The second-order valence-electron chi connectivity index (χ2n) is 9.43. The largest absolute Gasteiger partial charge is 0.416 e. The van der Waals surface area contributed by atoms with E-state index in [1.807, 2.05) is 21.9 Å². The number of halogens is 4.